The summed E-state index contributed by atoms with van der Waals surface area (Å²) in [7, 11) is 1.77. The standard InChI is InChI=1S/C22H23N3O2/c1-3-25-20-11-10-17(12-19(20)18(13-21(25)26)14-4-5-14)24(2)22(27)15-6-8-16(23)9-7-15/h6-14H,3-5,23H2,1-2H3. The summed E-state index contributed by atoms with van der Waals surface area (Å²) in [6, 6.07) is 14.6. The lowest BCUT2D eigenvalue weighted by atomic mass is 10.0. The van der Waals surface area contributed by atoms with Gasteiger partial charge in [0.15, 0.2) is 0 Å². The van der Waals surface area contributed by atoms with Gasteiger partial charge in [0, 0.05) is 42.0 Å². The van der Waals surface area contributed by atoms with Crippen LogP contribution < -0.4 is 16.2 Å². The van der Waals surface area contributed by atoms with Crippen molar-refractivity contribution in [1.82, 2.24) is 4.57 Å². The Balaban J connectivity index is 1.79. The van der Waals surface area contributed by atoms with Crippen molar-refractivity contribution in [3.63, 3.8) is 0 Å². The zero-order chi connectivity index (χ0) is 19.1. The fourth-order valence-corrected chi connectivity index (χ4v) is 3.60. The molecular weight excluding hydrogens is 338 g/mol. The van der Waals surface area contributed by atoms with Gasteiger partial charge in [0.25, 0.3) is 11.5 Å². The summed E-state index contributed by atoms with van der Waals surface area (Å²) in [5.74, 6) is 0.367. The summed E-state index contributed by atoms with van der Waals surface area (Å²) in [4.78, 5) is 26.9. The Morgan fingerprint density at radius 2 is 1.85 bits per heavy atom. The van der Waals surface area contributed by atoms with Gasteiger partial charge in [0.2, 0.25) is 0 Å². The molecule has 2 aromatic carbocycles. The monoisotopic (exact) mass is 361 g/mol. The smallest absolute Gasteiger partial charge is 0.258 e. The largest absolute Gasteiger partial charge is 0.399 e. The molecule has 0 radical (unpaired) electrons. The predicted octanol–water partition coefficient (Wildman–Crippen LogP) is 3.76. The molecule has 5 nitrogen and oxygen atoms in total. The number of carbonyl (C=O) groups is 1. The van der Waals surface area contributed by atoms with Crippen LogP contribution in [0.4, 0.5) is 11.4 Å². The van der Waals surface area contributed by atoms with E-state index in [0.717, 1.165) is 35.0 Å². The van der Waals surface area contributed by atoms with E-state index in [2.05, 4.69) is 0 Å². The molecule has 1 amide bonds. The third-order valence-corrected chi connectivity index (χ3v) is 5.31. The zero-order valence-corrected chi connectivity index (χ0v) is 15.6. The van der Waals surface area contributed by atoms with Gasteiger partial charge in [-0.1, -0.05) is 0 Å². The summed E-state index contributed by atoms with van der Waals surface area (Å²) in [5.41, 5.74) is 9.84. The summed E-state index contributed by atoms with van der Waals surface area (Å²) < 4.78 is 1.78. The van der Waals surface area contributed by atoms with Gasteiger partial charge in [-0.05, 0) is 73.7 Å². The lowest BCUT2D eigenvalue weighted by Crippen LogP contribution is -2.26. The second-order valence-corrected chi connectivity index (χ2v) is 7.14. The number of carbonyl (C=O) groups excluding carboxylic acids is 1. The molecule has 27 heavy (non-hydrogen) atoms. The maximum atomic E-state index is 12.8. The summed E-state index contributed by atoms with van der Waals surface area (Å²) in [5, 5.41) is 1.06. The highest BCUT2D eigenvalue weighted by atomic mass is 16.2. The molecule has 5 heteroatoms. The first-order chi connectivity index (χ1) is 13.0. The van der Waals surface area contributed by atoms with E-state index in [-0.39, 0.29) is 11.5 Å². The number of nitrogens with zero attached hydrogens (tertiary/aromatic N) is 2. The Morgan fingerprint density at radius 1 is 1.15 bits per heavy atom. The van der Waals surface area contributed by atoms with Crippen molar-refractivity contribution in [2.75, 3.05) is 17.7 Å². The Bertz CT molecular complexity index is 1080. The number of rotatable bonds is 4. The van der Waals surface area contributed by atoms with E-state index >= 15 is 0 Å². The Kier molecular flexibility index (Phi) is 4.22. The van der Waals surface area contributed by atoms with E-state index < -0.39 is 0 Å². The topological polar surface area (TPSA) is 68.3 Å². The van der Waals surface area contributed by atoms with Crippen LogP contribution >= 0.6 is 0 Å². The predicted molar refractivity (Wildman–Crippen MR) is 109 cm³/mol. The van der Waals surface area contributed by atoms with Crippen LogP contribution in [0.15, 0.2) is 53.3 Å². The number of pyridine rings is 1. The number of hydrogen-bond acceptors (Lipinski definition) is 3. The summed E-state index contributed by atoms with van der Waals surface area (Å²) in [6.07, 6.45) is 2.24. The first kappa shape index (κ1) is 17.3. The second kappa shape index (κ2) is 6.58. The minimum absolute atomic E-state index is 0.0472. The number of aryl methyl sites for hydroxylation is 1. The lowest BCUT2D eigenvalue weighted by Gasteiger charge is -2.20. The third kappa shape index (κ3) is 3.10. The van der Waals surface area contributed by atoms with Crippen molar-refractivity contribution >= 4 is 28.2 Å². The van der Waals surface area contributed by atoms with E-state index in [1.165, 1.54) is 0 Å². The third-order valence-electron chi connectivity index (χ3n) is 5.31. The maximum absolute atomic E-state index is 12.8. The molecule has 0 spiro atoms. The number of benzene rings is 2. The van der Waals surface area contributed by atoms with E-state index in [0.29, 0.717) is 23.7 Å². The van der Waals surface area contributed by atoms with E-state index in [1.807, 2.05) is 25.1 Å². The van der Waals surface area contributed by atoms with Gasteiger partial charge in [0.1, 0.15) is 0 Å². The molecule has 4 rings (SSSR count). The van der Waals surface area contributed by atoms with Crippen LogP contribution in [0.25, 0.3) is 10.9 Å². The van der Waals surface area contributed by atoms with Gasteiger partial charge in [-0.25, -0.2) is 0 Å². The van der Waals surface area contributed by atoms with Crippen LogP contribution in [-0.4, -0.2) is 17.5 Å². The molecule has 0 aliphatic heterocycles. The van der Waals surface area contributed by atoms with Crippen molar-refractivity contribution in [3.8, 4) is 0 Å². The maximum Gasteiger partial charge on any atom is 0.258 e. The number of fused-ring (bicyclic) bond motifs is 1. The van der Waals surface area contributed by atoms with Gasteiger partial charge in [0.05, 0.1) is 5.52 Å². The van der Waals surface area contributed by atoms with Crippen LogP contribution in [0, 0.1) is 0 Å². The van der Waals surface area contributed by atoms with Gasteiger partial charge in [-0.2, -0.15) is 0 Å². The van der Waals surface area contributed by atoms with Crippen molar-refractivity contribution in [2.24, 2.45) is 0 Å². The normalized spacial score (nSPS) is 13.7. The molecule has 1 aromatic heterocycles. The molecule has 1 saturated carbocycles. The molecule has 1 aliphatic rings. The lowest BCUT2D eigenvalue weighted by molar-refractivity contribution is 0.0993. The molecule has 2 N–H and O–H groups in total. The molecule has 1 heterocycles. The Morgan fingerprint density at radius 3 is 2.48 bits per heavy atom. The van der Waals surface area contributed by atoms with Gasteiger partial charge in [-0.15, -0.1) is 0 Å². The van der Waals surface area contributed by atoms with Crippen LogP contribution in [0.2, 0.25) is 0 Å². The zero-order valence-electron chi connectivity index (χ0n) is 15.6. The molecular formula is C22H23N3O2. The van der Waals surface area contributed by atoms with Crippen LogP contribution in [0.3, 0.4) is 0 Å². The first-order valence-electron chi connectivity index (χ1n) is 9.30. The van der Waals surface area contributed by atoms with Crippen molar-refractivity contribution in [1.29, 1.82) is 0 Å². The highest BCUT2D eigenvalue weighted by Gasteiger charge is 2.27. The van der Waals surface area contributed by atoms with Crippen molar-refractivity contribution in [3.05, 3.63) is 70.0 Å². The fraction of sp³-hybridized carbons (Fsp3) is 0.273. The minimum atomic E-state index is -0.0915. The second-order valence-electron chi connectivity index (χ2n) is 7.14. The van der Waals surface area contributed by atoms with Gasteiger partial charge >= 0.3 is 0 Å². The Labute approximate surface area is 158 Å². The van der Waals surface area contributed by atoms with Crippen molar-refractivity contribution in [2.45, 2.75) is 32.2 Å². The SMILES string of the molecule is CCn1c(=O)cc(C2CC2)c2cc(N(C)C(=O)c3ccc(N)cc3)ccc21. The van der Waals surface area contributed by atoms with Crippen LogP contribution in [-0.2, 0) is 6.54 Å². The van der Waals surface area contributed by atoms with Crippen LogP contribution in [0.1, 0.15) is 41.6 Å². The number of hydrogen-bond donors (Lipinski definition) is 1. The number of aromatic nitrogens is 1. The minimum Gasteiger partial charge on any atom is -0.399 e. The number of nitrogen functional groups attached to an aromatic ring is 1. The van der Waals surface area contributed by atoms with E-state index in [4.69, 9.17) is 5.73 Å². The molecule has 1 fully saturated rings. The number of anilines is 2. The molecule has 0 unspecified atom stereocenters. The first-order valence-corrected chi connectivity index (χ1v) is 9.30. The fourth-order valence-electron chi connectivity index (χ4n) is 3.60. The molecule has 1 aliphatic carbocycles. The van der Waals surface area contributed by atoms with Crippen LogP contribution in [0.5, 0.6) is 0 Å². The van der Waals surface area contributed by atoms with E-state index in [9.17, 15) is 9.59 Å². The summed E-state index contributed by atoms with van der Waals surface area (Å²) >= 11 is 0. The molecule has 0 atom stereocenters. The molecule has 0 saturated heterocycles. The highest BCUT2D eigenvalue weighted by Crippen LogP contribution is 2.43. The average Bonchev–Trinajstić information content (AvgIpc) is 3.51. The number of amides is 1. The van der Waals surface area contributed by atoms with Gasteiger partial charge < -0.3 is 15.2 Å². The molecule has 3 aromatic rings. The average molecular weight is 361 g/mol. The van der Waals surface area contributed by atoms with Gasteiger partial charge in [-0.3, -0.25) is 9.59 Å². The highest BCUT2D eigenvalue weighted by molar-refractivity contribution is 6.06. The molecule has 0 bridgehead atoms. The number of nitrogens with two attached hydrogens (primary N) is 1. The molecule has 138 valence electrons. The van der Waals surface area contributed by atoms with Crippen molar-refractivity contribution < 1.29 is 4.79 Å². The quantitative estimate of drug-likeness (QED) is 0.720. The summed E-state index contributed by atoms with van der Waals surface area (Å²) in [6.45, 7) is 2.60. The van der Waals surface area contributed by atoms with E-state index in [1.54, 1.807) is 46.8 Å². The Hall–Kier alpha value is -3.08.